The van der Waals surface area contributed by atoms with Gasteiger partial charge in [-0.15, -0.1) is 0 Å². The van der Waals surface area contributed by atoms with E-state index in [0.717, 1.165) is 43.4 Å². The van der Waals surface area contributed by atoms with Crippen molar-refractivity contribution >= 4 is 65.0 Å². The predicted octanol–water partition coefficient (Wildman–Crippen LogP) is 13.2. The van der Waals surface area contributed by atoms with Crippen molar-refractivity contribution in [2.45, 2.75) is 0 Å². The highest BCUT2D eigenvalue weighted by Crippen LogP contribution is 2.48. The van der Waals surface area contributed by atoms with Crippen LogP contribution in [-0.2, 0) is 0 Å². The molecule has 1 heteroatoms. The third kappa shape index (κ3) is 3.90. The summed E-state index contributed by atoms with van der Waals surface area (Å²) >= 11 is 0. The number of rotatable bonds is 3. The molecule has 0 saturated heterocycles. The maximum absolute atomic E-state index is 9.42. The minimum absolute atomic E-state index is 0.0645. The van der Waals surface area contributed by atoms with Crippen molar-refractivity contribution < 1.29 is 16.8 Å². The van der Waals surface area contributed by atoms with Crippen LogP contribution < -0.4 is 0 Å². The molecule has 1 aromatic heterocycles. The summed E-state index contributed by atoms with van der Waals surface area (Å²) < 4.78 is 86.1. The first-order valence-electron chi connectivity index (χ1n) is 19.9. The fraction of sp³-hybridized carbons (Fsp3) is 0. The van der Waals surface area contributed by atoms with Gasteiger partial charge >= 0.3 is 0 Å². The Balaban J connectivity index is 1.38. The summed E-state index contributed by atoms with van der Waals surface area (Å²) in [4.78, 5) is 0. The topological polar surface area (TPSA) is 13.1 Å². The molecule has 218 valence electrons. The number of fused-ring (bicyclic) bond motifs is 8. The van der Waals surface area contributed by atoms with Crippen molar-refractivity contribution in [1.82, 2.24) is 0 Å². The summed E-state index contributed by atoms with van der Waals surface area (Å²) in [5, 5.41) is 7.40. The third-order valence-electron chi connectivity index (χ3n) is 9.25. The van der Waals surface area contributed by atoms with Crippen molar-refractivity contribution in [2.75, 3.05) is 0 Å². The van der Waals surface area contributed by atoms with E-state index in [0.29, 0.717) is 33.1 Å². The standard InChI is InChI=1S/C46H28O/c1-2-13-31(14-3-1)43-35-16-6-8-18-37(35)44(38-19-9-7-17-36(38)43)39-21-11-23-42-46(39)45-34(20-10-22-41(45)47-42)32-27-26-30-25-24-29-12-4-5-15-33(29)40(30)28-32/h1-28H/i1D,2D,3D,6D,8D,13D,14D,16D,18D. The van der Waals surface area contributed by atoms with E-state index in [-0.39, 0.29) is 34.0 Å². The van der Waals surface area contributed by atoms with Crippen LogP contribution in [0.4, 0.5) is 0 Å². The van der Waals surface area contributed by atoms with E-state index in [1.165, 1.54) is 0 Å². The van der Waals surface area contributed by atoms with Gasteiger partial charge in [-0.05, 0) is 94.7 Å². The van der Waals surface area contributed by atoms with Crippen LogP contribution in [-0.4, -0.2) is 0 Å². The molecule has 0 fully saturated rings. The summed E-state index contributed by atoms with van der Waals surface area (Å²) in [6, 6.07) is 33.6. The van der Waals surface area contributed by atoms with Gasteiger partial charge in [0.1, 0.15) is 11.2 Å². The van der Waals surface area contributed by atoms with Gasteiger partial charge in [0, 0.05) is 10.8 Å². The number of hydrogen-bond donors (Lipinski definition) is 0. The molecule has 0 atom stereocenters. The fourth-order valence-electron chi connectivity index (χ4n) is 7.28. The molecule has 0 bridgehead atoms. The van der Waals surface area contributed by atoms with Gasteiger partial charge in [0.05, 0.1) is 12.3 Å². The lowest BCUT2D eigenvalue weighted by atomic mass is 9.84. The van der Waals surface area contributed by atoms with E-state index < -0.39 is 42.3 Å². The van der Waals surface area contributed by atoms with E-state index in [4.69, 9.17) is 14.0 Å². The molecule has 0 spiro atoms. The zero-order valence-electron chi connectivity index (χ0n) is 33.9. The molecule has 10 aromatic rings. The number of furan rings is 1. The lowest BCUT2D eigenvalue weighted by Crippen LogP contribution is -1.91. The molecular formula is C46H28O. The van der Waals surface area contributed by atoms with Gasteiger partial charge in [0.2, 0.25) is 0 Å². The predicted molar refractivity (Wildman–Crippen MR) is 200 cm³/mol. The maximum Gasteiger partial charge on any atom is 0.136 e. The monoisotopic (exact) mass is 605 g/mol. The Labute approximate surface area is 284 Å². The Morgan fingerprint density at radius 3 is 1.72 bits per heavy atom. The van der Waals surface area contributed by atoms with Gasteiger partial charge in [0.15, 0.2) is 0 Å². The fourth-order valence-corrected chi connectivity index (χ4v) is 7.28. The van der Waals surface area contributed by atoms with Gasteiger partial charge in [-0.2, -0.15) is 0 Å². The zero-order chi connectivity index (χ0) is 38.7. The first kappa shape index (κ1) is 18.7. The van der Waals surface area contributed by atoms with Crippen molar-refractivity contribution in [3.8, 4) is 33.4 Å². The quantitative estimate of drug-likeness (QED) is 0.144. The molecule has 0 amide bonds. The third-order valence-corrected chi connectivity index (χ3v) is 9.25. The highest BCUT2D eigenvalue weighted by atomic mass is 16.3. The summed E-state index contributed by atoms with van der Waals surface area (Å²) in [5.41, 5.74) is 4.34. The molecule has 0 aliphatic rings. The summed E-state index contributed by atoms with van der Waals surface area (Å²) in [6.07, 6.45) is 0. The Morgan fingerprint density at radius 2 is 0.957 bits per heavy atom. The van der Waals surface area contributed by atoms with E-state index in [9.17, 15) is 2.74 Å². The summed E-state index contributed by atoms with van der Waals surface area (Å²) in [6.45, 7) is 0. The average molecular weight is 606 g/mol. The van der Waals surface area contributed by atoms with E-state index in [1.807, 2.05) is 54.6 Å². The van der Waals surface area contributed by atoms with Crippen molar-refractivity contribution in [1.29, 1.82) is 0 Å². The lowest BCUT2D eigenvalue weighted by molar-refractivity contribution is 0.669. The average Bonchev–Trinajstić information content (AvgIpc) is 3.62. The molecule has 10 rings (SSSR count). The molecule has 0 aliphatic heterocycles. The normalized spacial score (nSPS) is 14.5. The largest absolute Gasteiger partial charge is 0.456 e. The first-order valence-corrected chi connectivity index (χ1v) is 15.4. The van der Waals surface area contributed by atoms with Crippen LogP contribution >= 0.6 is 0 Å². The Bertz CT molecular complexity index is 3340. The van der Waals surface area contributed by atoms with E-state index >= 15 is 0 Å². The van der Waals surface area contributed by atoms with Crippen molar-refractivity contribution in [3.05, 3.63) is 170 Å². The zero-order valence-corrected chi connectivity index (χ0v) is 24.9. The van der Waals surface area contributed by atoms with Gasteiger partial charge in [-0.25, -0.2) is 0 Å². The number of hydrogen-bond acceptors (Lipinski definition) is 1. The Kier molecular flexibility index (Phi) is 4.05. The number of benzene rings is 9. The van der Waals surface area contributed by atoms with Gasteiger partial charge < -0.3 is 4.42 Å². The van der Waals surface area contributed by atoms with Crippen LogP contribution in [0.3, 0.4) is 0 Å². The van der Waals surface area contributed by atoms with Crippen LogP contribution in [0.15, 0.2) is 174 Å². The minimum atomic E-state index is -0.551. The molecular weight excluding hydrogens is 569 g/mol. The van der Waals surface area contributed by atoms with Gasteiger partial charge in [0.25, 0.3) is 0 Å². The second-order valence-corrected chi connectivity index (χ2v) is 11.7. The second-order valence-electron chi connectivity index (χ2n) is 11.7. The molecule has 0 unspecified atom stereocenters. The minimum Gasteiger partial charge on any atom is -0.456 e. The van der Waals surface area contributed by atoms with Crippen LogP contribution in [0.1, 0.15) is 12.3 Å². The Hall–Kier alpha value is -6.18. The highest BCUT2D eigenvalue weighted by molar-refractivity contribution is 6.27. The van der Waals surface area contributed by atoms with E-state index in [1.54, 1.807) is 12.1 Å². The SMILES string of the molecule is [2H]c1c([2H])c([2H])c(-c2c3ccccc3c(-c3cccc4oc5cccc(-c6ccc7ccc8ccccc8c7c6)c5c34)c3c([2H])c([2H])c([2H])c([2H])c23)c([2H])c1[2H]. The molecule has 1 nitrogen and oxygen atoms in total. The van der Waals surface area contributed by atoms with Gasteiger partial charge in [-0.1, -0.05) is 151 Å². The van der Waals surface area contributed by atoms with E-state index in [2.05, 4.69) is 48.5 Å². The summed E-state index contributed by atoms with van der Waals surface area (Å²) in [7, 11) is 0. The molecule has 0 saturated carbocycles. The van der Waals surface area contributed by atoms with Crippen LogP contribution in [0.25, 0.3) is 98.4 Å². The highest BCUT2D eigenvalue weighted by Gasteiger charge is 2.21. The van der Waals surface area contributed by atoms with Crippen LogP contribution in [0.5, 0.6) is 0 Å². The summed E-state index contributed by atoms with van der Waals surface area (Å²) in [5.74, 6) is 0. The van der Waals surface area contributed by atoms with Crippen molar-refractivity contribution in [3.63, 3.8) is 0 Å². The Morgan fingerprint density at radius 1 is 0.383 bits per heavy atom. The molecule has 0 N–H and O–H groups in total. The molecule has 0 aliphatic carbocycles. The smallest absolute Gasteiger partial charge is 0.136 e. The second kappa shape index (κ2) is 10.2. The maximum atomic E-state index is 9.42. The van der Waals surface area contributed by atoms with Crippen molar-refractivity contribution in [2.24, 2.45) is 0 Å². The van der Waals surface area contributed by atoms with Gasteiger partial charge in [-0.3, -0.25) is 0 Å². The molecule has 1 heterocycles. The van der Waals surface area contributed by atoms with Crippen LogP contribution in [0.2, 0.25) is 0 Å². The lowest BCUT2D eigenvalue weighted by Gasteiger charge is -2.18. The molecule has 47 heavy (non-hydrogen) atoms. The molecule has 0 radical (unpaired) electrons. The first-order chi connectivity index (χ1) is 27.1. The van der Waals surface area contributed by atoms with Crippen LogP contribution in [0, 0.1) is 0 Å². The molecule has 9 aromatic carbocycles.